The normalized spacial score (nSPS) is 12.2. The van der Waals surface area contributed by atoms with Crippen molar-refractivity contribution in [1.82, 2.24) is 39.9 Å². The van der Waals surface area contributed by atoms with E-state index in [1.165, 1.54) is 0 Å². The number of benzene rings is 8. The quantitative estimate of drug-likeness (QED) is 0.139. The Kier molecular flexibility index (Phi) is 12.8. The summed E-state index contributed by atoms with van der Waals surface area (Å²) in [4.78, 5) is 44.8. The van der Waals surface area contributed by atoms with E-state index in [0.717, 1.165) is 111 Å². The van der Waals surface area contributed by atoms with Crippen LogP contribution in [0.5, 0.6) is 0 Å². The predicted octanol–water partition coefficient (Wildman–Crippen LogP) is 15.1. The Morgan fingerprint density at radius 2 is 0.468 bits per heavy atom. The average molecular weight is 1030 g/mol. The first-order valence-corrected chi connectivity index (χ1v) is 25.5. The maximum atomic E-state index is 5.66. The van der Waals surface area contributed by atoms with Gasteiger partial charge in [-0.1, -0.05) is 241 Å². The molecule has 2 aliphatic rings. The molecule has 8 nitrogen and oxygen atoms in total. The molecule has 3 aromatic heterocycles. The summed E-state index contributed by atoms with van der Waals surface area (Å²) < 4.78 is 0. The van der Waals surface area contributed by atoms with Crippen LogP contribution in [0.4, 0.5) is 0 Å². The average Bonchev–Trinajstić information content (AvgIpc) is 4.28. The van der Waals surface area contributed by atoms with E-state index in [1.807, 2.05) is 72.8 Å². The van der Waals surface area contributed by atoms with Gasteiger partial charge in [0.1, 0.15) is 0 Å². The van der Waals surface area contributed by atoms with Gasteiger partial charge in [0.15, 0.2) is 0 Å². The van der Waals surface area contributed by atoms with E-state index in [1.54, 1.807) is 0 Å². The number of aromatic nitrogens is 8. The van der Waals surface area contributed by atoms with Crippen molar-refractivity contribution in [2.24, 2.45) is 0 Å². The molecule has 0 spiro atoms. The Labute approximate surface area is 457 Å². The number of rotatable bonds is 8. The second-order valence-electron chi connectivity index (χ2n) is 19.4. The molecule has 0 radical (unpaired) electrons. The molecule has 8 bridgehead atoms. The third kappa shape index (κ3) is 9.12. The predicted molar refractivity (Wildman–Crippen MR) is 307 cm³/mol. The van der Waals surface area contributed by atoms with Gasteiger partial charge in [-0.05, 0) is 72.2 Å². The fourth-order valence-electron chi connectivity index (χ4n) is 10.6. The minimum Gasteiger partial charge on any atom is -0.357 e. The SMILES string of the molecule is Cc1cccc(C2=C(c3ccccc3)c3nc2nc2[n-]c(nc4nc(nc5[n-]c(n3)c(-c3cccc(C)c3)c5-c3ccccc3)C(c3cccc(C)c3)=C4c3ccccc3)c(-c3cccc(C)c3)c2-c2ccccc2)c1.[Fe+2]. The van der Waals surface area contributed by atoms with Crippen molar-refractivity contribution in [1.29, 1.82) is 0 Å². The maximum absolute atomic E-state index is 5.66. The minimum absolute atomic E-state index is 0. The molecule has 0 saturated carbocycles. The molecule has 368 valence electrons. The minimum atomic E-state index is 0. The summed E-state index contributed by atoms with van der Waals surface area (Å²) in [7, 11) is 0. The van der Waals surface area contributed by atoms with Crippen LogP contribution < -0.4 is 9.97 Å². The molecule has 77 heavy (non-hydrogen) atoms. The smallest absolute Gasteiger partial charge is 0.357 e. The van der Waals surface area contributed by atoms with Crippen molar-refractivity contribution in [3.8, 4) is 44.5 Å². The van der Waals surface area contributed by atoms with Gasteiger partial charge in [-0.2, -0.15) is 0 Å². The van der Waals surface area contributed by atoms with E-state index in [-0.39, 0.29) is 17.1 Å². The van der Waals surface area contributed by atoms with Crippen LogP contribution in [0, 0.1) is 27.7 Å². The van der Waals surface area contributed by atoms with E-state index >= 15 is 0 Å². The molecule has 0 saturated heterocycles. The van der Waals surface area contributed by atoms with Gasteiger partial charge in [-0.15, -0.1) is 0 Å². The third-order valence-electron chi connectivity index (χ3n) is 14.0. The molecule has 0 fully saturated rings. The van der Waals surface area contributed by atoms with Gasteiger partial charge >= 0.3 is 17.1 Å². The molecule has 8 aromatic carbocycles. The van der Waals surface area contributed by atoms with Crippen LogP contribution in [0.1, 0.15) is 67.8 Å². The van der Waals surface area contributed by atoms with Crippen LogP contribution in [0.15, 0.2) is 218 Å². The maximum Gasteiger partial charge on any atom is 2.00 e. The van der Waals surface area contributed by atoms with Crippen molar-refractivity contribution in [2.45, 2.75) is 27.7 Å². The van der Waals surface area contributed by atoms with Crippen LogP contribution in [0.2, 0.25) is 0 Å². The van der Waals surface area contributed by atoms with Gasteiger partial charge in [0.2, 0.25) is 0 Å². The second-order valence-corrected chi connectivity index (χ2v) is 19.4. The molecule has 11 aromatic rings. The zero-order chi connectivity index (χ0) is 51.3. The Morgan fingerprint density at radius 1 is 0.234 bits per heavy atom. The molecule has 5 heterocycles. The van der Waals surface area contributed by atoms with Crippen molar-refractivity contribution in [3.63, 3.8) is 0 Å². The molecule has 9 heteroatoms. The molecule has 0 aliphatic carbocycles. The van der Waals surface area contributed by atoms with Crippen LogP contribution in [-0.2, 0) is 17.1 Å². The summed E-state index contributed by atoms with van der Waals surface area (Å²) in [5.74, 6) is 1.85. The van der Waals surface area contributed by atoms with E-state index in [0.29, 0.717) is 45.9 Å². The molecule has 2 aliphatic heterocycles. The number of aryl methyl sites for hydroxylation is 4. The fourth-order valence-corrected chi connectivity index (χ4v) is 10.6. The van der Waals surface area contributed by atoms with E-state index in [2.05, 4.69) is 173 Å². The number of fused-ring (bicyclic) bond motifs is 8. The fraction of sp³-hybridized carbons (Fsp3) is 0.0588. The van der Waals surface area contributed by atoms with Crippen LogP contribution in [0.25, 0.3) is 89.4 Å². The Hall–Kier alpha value is -9.40. The van der Waals surface area contributed by atoms with Gasteiger partial charge in [-0.25, -0.2) is 9.97 Å². The van der Waals surface area contributed by atoms with E-state index < -0.39 is 0 Å². The Balaban J connectivity index is 0.00000596. The topological polar surface area (TPSA) is 106 Å². The molecule has 0 unspecified atom stereocenters. The summed E-state index contributed by atoms with van der Waals surface area (Å²) in [6, 6.07) is 75.3. The van der Waals surface area contributed by atoms with E-state index in [9.17, 15) is 0 Å². The largest absolute Gasteiger partial charge is 2.00 e. The molecular formula is C68H48FeN8. The molecule has 13 rings (SSSR count). The van der Waals surface area contributed by atoms with Gasteiger partial charge < -0.3 is 29.9 Å². The summed E-state index contributed by atoms with van der Waals surface area (Å²) in [6.45, 7) is 8.42. The molecule has 0 N–H and O–H groups in total. The molecule has 0 atom stereocenters. The summed E-state index contributed by atoms with van der Waals surface area (Å²) >= 11 is 0. The standard InChI is InChI=1S/C68H48N8.Fe/c1-41-21-17-33-49(37-41)57-53(45-25-9-5-10-26-45)61-69-65(57)73-62-54(46-27-11-6-12-28-46)58(50-34-18-22-42(2)38-50)67(70-62)75-64-56(48-31-15-8-16-32-48)60(52-36-20-24-44(4)40-52)68(72-64)76-63-55(47-29-13-7-14-30-47)59(66(71-63)74-61)51-35-19-23-43(3)39-51;/h5-40H,1-4H3;/q-2;+2. The first-order valence-electron chi connectivity index (χ1n) is 25.5. The van der Waals surface area contributed by atoms with Crippen LogP contribution >= 0.6 is 0 Å². The van der Waals surface area contributed by atoms with Gasteiger partial charge in [0, 0.05) is 67.1 Å². The molecule has 0 amide bonds. The zero-order valence-electron chi connectivity index (χ0n) is 42.7. The first-order chi connectivity index (χ1) is 37.3. The van der Waals surface area contributed by atoms with Gasteiger partial charge in [0.05, 0.1) is 23.3 Å². The third-order valence-corrected chi connectivity index (χ3v) is 14.0. The molecular weight excluding hydrogens is 985 g/mol. The van der Waals surface area contributed by atoms with Crippen molar-refractivity contribution >= 4 is 44.9 Å². The summed E-state index contributed by atoms with van der Waals surface area (Å²) in [6.07, 6.45) is 0. The van der Waals surface area contributed by atoms with Crippen molar-refractivity contribution < 1.29 is 17.1 Å². The second kappa shape index (κ2) is 20.4. The number of hydrogen-bond acceptors (Lipinski definition) is 6. The Morgan fingerprint density at radius 3 is 0.766 bits per heavy atom. The zero-order valence-corrected chi connectivity index (χ0v) is 43.8. The van der Waals surface area contributed by atoms with Crippen molar-refractivity contribution in [3.05, 3.63) is 286 Å². The Bertz CT molecular complexity index is 4030. The monoisotopic (exact) mass is 1030 g/mol. The van der Waals surface area contributed by atoms with Crippen LogP contribution in [0.3, 0.4) is 0 Å². The number of hydrogen-bond donors (Lipinski definition) is 0. The summed E-state index contributed by atoms with van der Waals surface area (Å²) in [5, 5.41) is 0. The first kappa shape index (κ1) is 48.5. The van der Waals surface area contributed by atoms with Gasteiger partial charge in [-0.3, -0.25) is 0 Å². The number of nitrogens with zero attached hydrogens (tertiary/aromatic N) is 8. The summed E-state index contributed by atoms with van der Waals surface area (Å²) in [5.41, 5.74) is 20.3. The van der Waals surface area contributed by atoms with E-state index in [4.69, 9.17) is 39.9 Å². The van der Waals surface area contributed by atoms with Crippen molar-refractivity contribution in [2.75, 3.05) is 0 Å². The van der Waals surface area contributed by atoms with Crippen LogP contribution in [-0.4, -0.2) is 29.9 Å². The van der Waals surface area contributed by atoms with Gasteiger partial charge in [0.25, 0.3) is 0 Å².